The minimum Gasteiger partial charge on any atom is -0.384 e. The Morgan fingerprint density at radius 2 is 2.00 bits per heavy atom. The second-order valence-corrected chi connectivity index (χ2v) is 5.94. The van der Waals surface area contributed by atoms with E-state index in [9.17, 15) is 14.4 Å². The van der Waals surface area contributed by atoms with E-state index in [1.807, 2.05) is 6.92 Å². The highest BCUT2D eigenvalue weighted by molar-refractivity contribution is 7.99. The summed E-state index contributed by atoms with van der Waals surface area (Å²) in [6.07, 6.45) is 1.71. The van der Waals surface area contributed by atoms with Crippen molar-refractivity contribution >= 4 is 23.4 Å². The number of ketones is 1. The summed E-state index contributed by atoms with van der Waals surface area (Å²) in [5, 5.41) is 7.22. The van der Waals surface area contributed by atoms with Crippen molar-refractivity contribution in [3.63, 3.8) is 0 Å². The molecule has 0 aliphatic carbocycles. The molecule has 23 heavy (non-hydrogen) atoms. The molecule has 124 valence electrons. The van der Waals surface area contributed by atoms with E-state index in [1.165, 1.54) is 14.1 Å². The van der Waals surface area contributed by atoms with Gasteiger partial charge in [0.1, 0.15) is 17.2 Å². The first-order valence-electron chi connectivity index (χ1n) is 6.99. The predicted octanol–water partition coefficient (Wildman–Crippen LogP) is -0.288. The van der Waals surface area contributed by atoms with Gasteiger partial charge in [0.25, 0.3) is 5.56 Å². The Bertz CT molecular complexity index is 850. The van der Waals surface area contributed by atoms with Crippen LogP contribution < -0.4 is 17.0 Å². The van der Waals surface area contributed by atoms with Crippen LogP contribution in [0.5, 0.6) is 0 Å². The van der Waals surface area contributed by atoms with Crippen LogP contribution in [0.4, 0.5) is 5.82 Å². The van der Waals surface area contributed by atoms with Gasteiger partial charge >= 0.3 is 5.69 Å². The molecule has 2 aromatic heterocycles. The Morgan fingerprint density at radius 1 is 1.30 bits per heavy atom. The molecule has 0 aromatic carbocycles. The summed E-state index contributed by atoms with van der Waals surface area (Å²) >= 11 is 1.11. The molecule has 10 heteroatoms. The number of hydrogen-bond donors (Lipinski definition) is 2. The molecule has 2 rings (SSSR count). The number of carbonyl (C=O) groups excluding carboxylic acids is 1. The second kappa shape index (κ2) is 6.82. The maximum Gasteiger partial charge on any atom is 0.332 e. The summed E-state index contributed by atoms with van der Waals surface area (Å²) in [4.78, 5) is 40.4. The first-order valence-corrected chi connectivity index (χ1v) is 7.98. The highest BCUT2D eigenvalue weighted by Gasteiger charge is 2.20. The Labute approximate surface area is 135 Å². The van der Waals surface area contributed by atoms with Crippen molar-refractivity contribution < 1.29 is 4.79 Å². The number of nitrogen functional groups attached to an aromatic ring is 1. The van der Waals surface area contributed by atoms with Gasteiger partial charge in [-0.05, 0) is 6.42 Å². The van der Waals surface area contributed by atoms with E-state index in [-0.39, 0.29) is 17.1 Å². The fourth-order valence-corrected chi connectivity index (χ4v) is 2.70. The molecular formula is C13H18N6O3S. The molecule has 9 nitrogen and oxygen atoms in total. The minimum atomic E-state index is -0.696. The lowest BCUT2D eigenvalue weighted by Gasteiger charge is -2.10. The number of anilines is 1. The van der Waals surface area contributed by atoms with Crippen LogP contribution in [0.2, 0.25) is 0 Å². The lowest BCUT2D eigenvalue weighted by atomic mass is 10.2. The summed E-state index contributed by atoms with van der Waals surface area (Å²) in [5.41, 5.74) is 4.29. The van der Waals surface area contributed by atoms with Gasteiger partial charge in [0.15, 0.2) is 5.78 Å². The third kappa shape index (κ3) is 3.36. The molecule has 0 atom stereocenters. The average Bonchev–Trinajstić information content (AvgIpc) is 2.97. The van der Waals surface area contributed by atoms with Crippen LogP contribution >= 0.6 is 11.8 Å². The number of aryl methyl sites for hydroxylation is 1. The Balaban J connectivity index is 2.21. The zero-order chi connectivity index (χ0) is 17.1. The molecular weight excluding hydrogens is 320 g/mol. The average molecular weight is 338 g/mol. The Morgan fingerprint density at radius 3 is 2.65 bits per heavy atom. The van der Waals surface area contributed by atoms with Crippen molar-refractivity contribution in [2.24, 2.45) is 14.1 Å². The Hall–Kier alpha value is -2.36. The van der Waals surface area contributed by atoms with Crippen LogP contribution in [-0.4, -0.2) is 35.9 Å². The molecule has 2 aromatic rings. The number of carbonyl (C=O) groups is 1. The standard InChI is InChI=1S/C13H18N6O3S/c1-4-5-8-15-12(17-16-8)23-6-7(20)9-10(14)18(2)13(22)19(3)11(9)21/h4-6,14H2,1-3H3,(H,15,16,17). The minimum absolute atomic E-state index is 0.0406. The van der Waals surface area contributed by atoms with Crippen molar-refractivity contribution in [2.75, 3.05) is 11.5 Å². The van der Waals surface area contributed by atoms with Crippen LogP contribution in [-0.2, 0) is 20.5 Å². The third-order valence-corrected chi connectivity index (χ3v) is 4.17. The van der Waals surface area contributed by atoms with Gasteiger partial charge in [0.05, 0.1) is 5.75 Å². The SMILES string of the molecule is CCCc1nc(SCC(=O)c2c(N)n(C)c(=O)n(C)c2=O)n[nH]1. The third-order valence-electron chi connectivity index (χ3n) is 3.32. The zero-order valence-electron chi connectivity index (χ0n) is 13.1. The summed E-state index contributed by atoms with van der Waals surface area (Å²) in [5.74, 6) is 0.108. The Kier molecular flexibility index (Phi) is 5.04. The van der Waals surface area contributed by atoms with Crippen LogP contribution in [0.15, 0.2) is 14.7 Å². The smallest absolute Gasteiger partial charge is 0.332 e. The van der Waals surface area contributed by atoms with E-state index in [0.717, 1.165) is 39.6 Å². The lowest BCUT2D eigenvalue weighted by molar-refractivity contribution is 0.102. The number of aromatic nitrogens is 5. The van der Waals surface area contributed by atoms with Crippen LogP contribution in [0, 0.1) is 0 Å². The number of Topliss-reactive ketones (excluding diaryl/α,β-unsaturated/α-hetero) is 1. The van der Waals surface area contributed by atoms with Crippen molar-refractivity contribution in [1.82, 2.24) is 24.3 Å². The monoisotopic (exact) mass is 338 g/mol. The molecule has 0 aliphatic rings. The summed E-state index contributed by atoms with van der Waals surface area (Å²) in [6, 6.07) is 0. The van der Waals surface area contributed by atoms with Crippen molar-refractivity contribution in [1.29, 1.82) is 0 Å². The molecule has 0 amide bonds. The van der Waals surface area contributed by atoms with Crippen LogP contribution in [0.25, 0.3) is 0 Å². The largest absolute Gasteiger partial charge is 0.384 e. The molecule has 0 bridgehead atoms. The number of rotatable bonds is 6. The maximum atomic E-state index is 12.3. The number of aromatic amines is 1. The van der Waals surface area contributed by atoms with Crippen molar-refractivity contribution in [3.8, 4) is 0 Å². The summed E-state index contributed by atoms with van der Waals surface area (Å²) < 4.78 is 1.94. The van der Waals surface area contributed by atoms with E-state index in [4.69, 9.17) is 5.73 Å². The fourth-order valence-electron chi connectivity index (χ4n) is 2.02. The molecule has 2 heterocycles. The first kappa shape index (κ1) is 17.0. The number of nitrogens with zero attached hydrogens (tertiary/aromatic N) is 4. The highest BCUT2D eigenvalue weighted by Crippen LogP contribution is 2.15. The molecule has 0 radical (unpaired) electrons. The zero-order valence-corrected chi connectivity index (χ0v) is 13.9. The van der Waals surface area contributed by atoms with E-state index >= 15 is 0 Å². The molecule has 3 N–H and O–H groups in total. The van der Waals surface area contributed by atoms with Crippen LogP contribution in [0.1, 0.15) is 29.5 Å². The predicted molar refractivity (Wildman–Crippen MR) is 86.8 cm³/mol. The highest BCUT2D eigenvalue weighted by atomic mass is 32.2. The quantitative estimate of drug-likeness (QED) is 0.547. The second-order valence-electron chi connectivity index (χ2n) is 4.99. The summed E-state index contributed by atoms with van der Waals surface area (Å²) in [7, 11) is 2.72. The van der Waals surface area contributed by atoms with Gasteiger partial charge in [0, 0.05) is 20.5 Å². The van der Waals surface area contributed by atoms with E-state index in [0.29, 0.717) is 5.16 Å². The van der Waals surface area contributed by atoms with Gasteiger partial charge in [0.2, 0.25) is 5.16 Å². The number of thioether (sulfide) groups is 1. The molecule has 0 aliphatic heterocycles. The van der Waals surface area contributed by atoms with Gasteiger partial charge in [-0.2, -0.15) is 0 Å². The molecule has 0 saturated heterocycles. The molecule has 0 fully saturated rings. The van der Waals surface area contributed by atoms with Gasteiger partial charge in [-0.3, -0.25) is 23.8 Å². The first-order chi connectivity index (χ1) is 10.9. The normalized spacial score (nSPS) is 10.9. The lowest BCUT2D eigenvalue weighted by Crippen LogP contribution is -2.41. The van der Waals surface area contributed by atoms with Gasteiger partial charge in [-0.25, -0.2) is 9.78 Å². The van der Waals surface area contributed by atoms with Gasteiger partial charge < -0.3 is 5.73 Å². The number of nitrogens with one attached hydrogen (secondary N) is 1. The van der Waals surface area contributed by atoms with E-state index in [2.05, 4.69) is 15.2 Å². The number of H-pyrrole nitrogens is 1. The summed E-state index contributed by atoms with van der Waals surface area (Å²) in [6.45, 7) is 2.02. The number of nitrogens with two attached hydrogens (primary N) is 1. The molecule has 0 unspecified atom stereocenters. The maximum absolute atomic E-state index is 12.3. The molecule has 0 saturated carbocycles. The van der Waals surface area contributed by atoms with Gasteiger partial charge in [-0.1, -0.05) is 18.7 Å². The van der Waals surface area contributed by atoms with Crippen molar-refractivity contribution in [2.45, 2.75) is 24.9 Å². The topological polar surface area (TPSA) is 129 Å². The van der Waals surface area contributed by atoms with Crippen molar-refractivity contribution in [3.05, 3.63) is 32.2 Å². The fraction of sp³-hybridized carbons (Fsp3) is 0.462. The van der Waals surface area contributed by atoms with Gasteiger partial charge in [-0.15, -0.1) is 5.10 Å². The number of hydrogen-bond acceptors (Lipinski definition) is 7. The van der Waals surface area contributed by atoms with E-state index < -0.39 is 17.0 Å². The van der Waals surface area contributed by atoms with E-state index in [1.54, 1.807) is 0 Å². The van der Waals surface area contributed by atoms with Crippen LogP contribution in [0.3, 0.4) is 0 Å². The molecule has 0 spiro atoms.